The Hall–Kier alpha value is -1.37. The van der Waals surface area contributed by atoms with E-state index in [9.17, 15) is 9.59 Å². The first-order valence-corrected chi connectivity index (χ1v) is 8.68. The van der Waals surface area contributed by atoms with E-state index in [-0.39, 0.29) is 18.0 Å². The molecule has 2 aliphatic rings. The molecule has 2 rings (SSSR count). The van der Waals surface area contributed by atoms with Crippen molar-refractivity contribution in [3.8, 4) is 0 Å². The SMILES string of the molecule is C[C@@H]1NC(=S)N(CC[C@@H]2CCCN(C(=O)OC(C)(C)C)C2)C1=O. The number of nitrogens with one attached hydrogen (secondary N) is 1. The minimum atomic E-state index is -0.472. The van der Waals surface area contributed by atoms with Gasteiger partial charge >= 0.3 is 6.09 Å². The van der Waals surface area contributed by atoms with Crippen molar-refractivity contribution in [1.29, 1.82) is 0 Å². The van der Waals surface area contributed by atoms with Gasteiger partial charge in [-0.2, -0.15) is 0 Å². The molecule has 6 nitrogen and oxygen atoms in total. The number of piperidine rings is 1. The summed E-state index contributed by atoms with van der Waals surface area (Å²) in [5.74, 6) is 0.414. The van der Waals surface area contributed by atoms with Crippen LogP contribution in [0.4, 0.5) is 4.79 Å². The molecule has 0 unspecified atom stereocenters. The third kappa shape index (κ3) is 4.80. The first-order valence-electron chi connectivity index (χ1n) is 8.27. The first-order chi connectivity index (χ1) is 10.7. The number of likely N-dealkylation sites (tertiary alicyclic amines) is 1. The summed E-state index contributed by atoms with van der Waals surface area (Å²) in [7, 11) is 0. The highest BCUT2D eigenvalue weighted by Crippen LogP contribution is 2.22. The van der Waals surface area contributed by atoms with E-state index in [1.807, 2.05) is 27.7 Å². The highest BCUT2D eigenvalue weighted by molar-refractivity contribution is 7.80. The van der Waals surface area contributed by atoms with Crippen LogP contribution in [0.2, 0.25) is 0 Å². The lowest BCUT2D eigenvalue weighted by molar-refractivity contribution is -0.126. The van der Waals surface area contributed by atoms with Crippen LogP contribution in [0.5, 0.6) is 0 Å². The number of rotatable bonds is 3. The molecule has 0 radical (unpaired) electrons. The van der Waals surface area contributed by atoms with Crippen LogP contribution in [0.3, 0.4) is 0 Å². The molecule has 0 bridgehead atoms. The number of amides is 2. The van der Waals surface area contributed by atoms with Crippen LogP contribution in [-0.4, -0.2) is 58.2 Å². The quantitative estimate of drug-likeness (QED) is 0.797. The maximum atomic E-state index is 12.2. The zero-order chi connectivity index (χ0) is 17.2. The van der Waals surface area contributed by atoms with Crippen molar-refractivity contribution < 1.29 is 14.3 Å². The lowest BCUT2D eigenvalue weighted by atomic mass is 9.95. The number of thiocarbonyl (C=S) groups is 1. The topological polar surface area (TPSA) is 61.9 Å². The summed E-state index contributed by atoms with van der Waals surface area (Å²) >= 11 is 5.20. The average Bonchev–Trinajstić information content (AvgIpc) is 2.69. The predicted molar refractivity (Wildman–Crippen MR) is 92.1 cm³/mol. The molecule has 7 heteroatoms. The van der Waals surface area contributed by atoms with Crippen molar-refractivity contribution in [1.82, 2.24) is 15.1 Å². The lowest BCUT2D eigenvalue weighted by Gasteiger charge is -2.34. The van der Waals surface area contributed by atoms with Crippen molar-refractivity contribution in [2.24, 2.45) is 5.92 Å². The Morgan fingerprint density at radius 1 is 1.43 bits per heavy atom. The van der Waals surface area contributed by atoms with E-state index < -0.39 is 5.60 Å². The van der Waals surface area contributed by atoms with E-state index in [1.54, 1.807) is 9.80 Å². The number of carbonyl (C=O) groups is 2. The number of hydrogen-bond acceptors (Lipinski definition) is 4. The van der Waals surface area contributed by atoms with Gasteiger partial charge in [-0.15, -0.1) is 0 Å². The van der Waals surface area contributed by atoms with Crippen LogP contribution in [-0.2, 0) is 9.53 Å². The van der Waals surface area contributed by atoms with Gasteiger partial charge in [-0.25, -0.2) is 4.79 Å². The molecule has 2 atom stereocenters. The van der Waals surface area contributed by atoms with Gasteiger partial charge in [-0.05, 0) is 65.1 Å². The van der Waals surface area contributed by atoms with Crippen molar-refractivity contribution in [2.45, 2.75) is 58.6 Å². The van der Waals surface area contributed by atoms with E-state index in [2.05, 4.69) is 5.32 Å². The van der Waals surface area contributed by atoms with E-state index in [4.69, 9.17) is 17.0 Å². The van der Waals surface area contributed by atoms with Gasteiger partial charge in [0.15, 0.2) is 5.11 Å². The largest absolute Gasteiger partial charge is 0.444 e. The zero-order valence-corrected chi connectivity index (χ0v) is 15.2. The van der Waals surface area contributed by atoms with E-state index in [0.29, 0.717) is 24.1 Å². The molecule has 0 saturated carbocycles. The minimum Gasteiger partial charge on any atom is -0.444 e. The fraction of sp³-hybridized carbons (Fsp3) is 0.812. The smallest absolute Gasteiger partial charge is 0.410 e. The van der Waals surface area contributed by atoms with E-state index in [1.165, 1.54) is 0 Å². The highest BCUT2D eigenvalue weighted by atomic mass is 32.1. The second-order valence-electron chi connectivity index (χ2n) is 7.38. The number of ether oxygens (including phenoxy) is 1. The fourth-order valence-electron chi connectivity index (χ4n) is 2.98. The maximum Gasteiger partial charge on any atom is 0.410 e. The zero-order valence-electron chi connectivity index (χ0n) is 14.4. The summed E-state index contributed by atoms with van der Waals surface area (Å²) in [6, 6.07) is -0.230. The second kappa shape index (κ2) is 7.03. The molecule has 130 valence electrons. The van der Waals surface area contributed by atoms with Gasteiger partial charge in [0.25, 0.3) is 5.91 Å². The fourth-order valence-corrected chi connectivity index (χ4v) is 3.33. The maximum absolute atomic E-state index is 12.2. The molecule has 0 aromatic rings. The minimum absolute atomic E-state index is 0.0369. The van der Waals surface area contributed by atoms with Crippen LogP contribution in [0.1, 0.15) is 47.0 Å². The molecule has 2 fully saturated rings. The van der Waals surface area contributed by atoms with Gasteiger partial charge in [-0.3, -0.25) is 9.69 Å². The Bertz CT molecular complexity index is 489. The summed E-state index contributed by atoms with van der Waals surface area (Å²) in [6.45, 7) is 9.49. The van der Waals surface area contributed by atoms with Crippen LogP contribution in [0.25, 0.3) is 0 Å². The van der Waals surface area contributed by atoms with Crippen molar-refractivity contribution in [2.75, 3.05) is 19.6 Å². The van der Waals surface area contributed by atoms with Crippen LogP contribution < -0.4 is 5.32 Å². The van der Waals surface area contributed by atoms with Crippen LogP contribution in [0, 0.1) is 5.92 Å². The van der Waals surface area contributed by atoms with Crippen molar-refractivity contribution in [3.63, 3.8) is 0 Å². The average molecular weight is 341 g/mol. The Balaban J connectivity index is 1.84. The third-order valence-electron chi connectivity index (χ3n) is 4.15. The molecule has 1 N–H and O–H groups in total. The Labute approximate surface area is 143 Å². The summed E-state index contributed by atoms with van der Waals surface area (Å²) in [6.07, 6.45) is 2.64. The molecule has 0 aromatic carbocycles. The Kier molecular flexibility index (Phi) is 5.49. The highest BCUT2D eigenvalue weighted by Gasteiger charge is 2.33. The normalized spacial score (nSPS) is 25.6. The van der Waals surface area contributed by atoms with E-state index in [0.717, 1.165) is 25.8 Å². The molecule has 2 heterocycles. The molecule has 2 amide bonds. The predicted octanol–water partition coefficient (Wildman–Crippen LogP) is 2.13. The monoisotopic (exact) mass is 341 g/mol. The molecule has 23 heavy (non-hydrogen) atoms. The van der Waals surface area contributed by atoms with E-state index >= 15 is 0 Å². The molecule has 0 spiro atoms. The van der Waals surface area contributed by atoms with Crippen molar-refractivity contribution >= 4 is 29.3 Å². The van der Waals surface area contributed by atoms with Gasteiger partial charge in [0, 0.05) is 19.6 Å². The van der Waals surface area contributed by atoms with Gasteiger partial charge in [0.05, 0.1) is 0 Å². The summed E-state index contributed by atoms with van der Waals surface area (Å²) in [5, 5.41) is 3.50. The molecule has 0 aromatic heterocycles. The number of nitrogens with zero attached hydrogens (tertiary/aromatic N) is 2. The number of carbonyl (C=O) groups excluding carboxylic acids is 2. The number of hydrogen-bond donors (Lipinski definition) is 1. The van der Waals surface area contributed by atoms with Gasteiger partial charge < -0.3 is 15.0 Å². The summed E-state index contributed by atoms with van der Waals surface area (Å²) < 4.78 is 5.44. The summed E-state index contributed by atoms with van der Waals surface area (Å²) in [5.41, 5.74) is -0.472. The molecule has 0 aliphatic carbocycles. The Morgan fingerprint density at radius 3 is 2.70 bits per heavy atom. The first kappa shape index (κ1) is 18.0. The standard InChI is InChI=1S/C16H27N3O3S/c1-11-13(20)19(14(23)17-11)9-7-12-6-5-8-18(10-12)15(21)22-16(2,3)4/h11-12H,5-10H2,1-4H3,(H,17,23)/t11-,12-/m0/s1. The van der Waals surface area contributed by atoms with Gasteiger partial charge in [0.1, 0.15) is 11.6 Å². The Morgan fingerprint density at radius 2 is 2.13 bits per heavy atom. The van der Waals surface area contributed by atoms with Gasteiger partial charge in [0.2, 0.25) is 0 Å². The van der Waals surface area contributed by atoms with Crippen molar-refractivity contribution in [3.05, 3.63) is 0 Å². The molecule has 2 saturated heterocycles. The van der Waals surface area contributed by atoms with Crippen LogP contribution >= 0.6 is 12.2 Å². The lowest BCUT2D eigenvalue weighted by Crippen LogP contribution is -2.43. The van der Waals surface area contributed by atoms with Gasteiger partial charge in [-0.1, -0.05) is 0 Å². The third-order valence-corrected chi connectivity index (χ3v) is 4.49. The second-order valence-corrected chi connectivity index (χ2v) is 7.77. The molecule has 2 aliphatic heterocycles. The molecular weight excluding hydrogens is 314 g/mol. The van der Waals surface area contributed by atoms with Crippen LogP contribution in [0.15, 0.2) is 0 Å². The molecular formula is C16H27N3O3S. The summed E-state index contributed by atoms with van der Waals surface area (Å²) in [4.78, 5) is 27.6.